The molecule has 1 aliphatic heterocycles. The van der Waals surface area contributed by atoms with Gasteiger partial charge < -0.3 is 15.4 Å². The summed E-state index contributed by atoms with van der Waals surface area (Å²) in [4.78, 5) is 0. The molecule has 3 heteroatoms. The van der Waals surface area contributed by atoms with Gasteiger partial charge in [-0.3, -0.25) is 0 Å². The van der Waals surface area contributed by atoms with Crippen LogP contribution in [0.25, 0.3) is 0 Å². The molecule has 0 radical (unpaired) electrons. The van der Waals surface area contributed by atoms with E-state index in [0.29, 0.717) is 17.6 Å². The first-order valence-corrected chi connectivity index (χ1v) is 7.84. The Kier molecular flexibility index (Phi) is 5.46. The summed E-state index contributed by atoms with van der Waals surface area (Å²) in [5.41, 5.74) is 0.518. The molecule has 0 bridgehead atoms. The molecule has 18 heavy (non-hydrogen) atoms. The Morgan fingerprint density at radius 1 is 1.33 bits per heavy atom. The van der Waals surface area contributed by atoms with Crippen molar-refractivity contribution in [3.63, 3.8) is 0 Å². The molecule has 1 aliphatic carbocycles. The minimum absolute atomic E-state index is 0.518. The van der Waals surface area contributed by atoms with Crippen LogP contribution in [0, 0.1) is 5.41 Å². The van der Waals surface area contributed by atoms with E-state index in [-0.39, 0.29) is 0 Å². The Morgan fingerprint density at radius 3 is 2.78 bits per heavy atom. The maximum Gasteiger partial charge on any atom is 0.0604 e. The van der Waals surface area contributed by atoms with Crippen LogP contribution in [0.4, 0.5) is 0 Å². The first-order chi connectivity index (χ1) is 8.78. The Hall–Kier alpha value is -0.120. The van der Waals surface area contributed by atoms with Crippen molar-refractivity contribution < 1.29 is 4.74 Å². The average molecular weight is 254 g/mol. The molecule has 0 aromatic rings. The first kappa shape index (κ1) is 14.3. The van der Waals surface area contributed by atoms with E-state index in [1.165, 1.54) is 58.2 Å². The quantitative estimate of drug-likeness (QED) is 0.731. The van der Waals surface area contributed by atoms with Crippen molar-refractivity contribution in [1.29, 1.82) is 0 Å². The minimum atomic E-state index is 0.518. The average Bonchev–Trinajstić information content (AvgIpc) is 2.33. The number of hydrogen-bond donors (Lipinski definition) is 2. The van der Waals surface area contributed by atoms with E-state index in [0.717, 1.165) is 6.61 Å². The molecule has 2 N–H and O–H groups in total. The number of rotatable bonds is 7. The Bertz CT molecular complexity index is 227. The molecule has 1 unspecified atom stereocenters. The molecule has 1 atom stereocenters. The third kappa shape index (κ3) is 3.69. The zero-order valence-corrected chi connectivity index (χ0v) is 12.1. The summed E-state index contributed by atoms with van der Waals surface area (Å²) in [5.74, 6) is 0. The van der Waals surface area contributed by atoms with Crippen molar-refractivity contribution in [1.82, 2.24) is 10.6 Å². The monoisotopic (exact) mass is 254 g/mol. The lowest BCUT2D eigenvalue weighted by Gasteiger charge is -2.42. The van der Waals surface area contributed by atoms with E-state index in [9.17, 15) is 0 Å². The van der Waals surface area contributed by atoms with Gasteiger partial charge in [0.25, 0.3) is 0 Å². The summed E-state index contributed by atoms with van der Waals surface area (Å²) in [6, 6.07) is 0.706. The Balaban J connectivity index is 1.70. The molecule has 3 nitrogen and oxygen atoms in total. The highest BCUT2D eigenvalue weighted by molar-refractivity contribution is 4.92. The fourth-order valence-electron chi connectivity index (χ4n) is 3.48. The smallest absolute Gasteiger partial charge is 0.0604 e. The van der Waals surface area contributed by atoms with E-state index in [1.807, 2.05) is 0 Å². The van der Waals surface area contributed by atoms with Gasteiger partial charge in [0, 0.05) is 25.7 Å². The van der Waals surface area contributed by atoms with Gasteiger partial charge in [0.15, 0.2) is 0 Å². The van der Waals surface area contributed by atoms with Crippen molar-refractivity contribution in [2.45, 2.75) is 64.5 Å². The molecule has 0 aromatic heterocycles. The largest absolute Gasteiger partial charge is 0.378 e. The molecule has 2 rings (SSSR count). The molecule has 1 heterocycles. The van der Waals surface area contributed by atoms with Gasteiger partial charge in [-0.25, -0.2) is 0 Å². The van der Waals surface area contributed by atoms with Crippen molar-refractivity contribution in [2.75, 3.05) is 26.2 Å². The second-order valence-corrected chi connectivity index (χ2v) is 6.16. The summed E-state index contributed by atoms with van der Waals surface area (Å²) in [5, 5.41) is 7.37. The van der Waals surface area contributed by atoms with E-state index in [1.54, 1.807) is 0 Å². The van der Waals surface area contributed by atoms with Gasteiger partial charge in [0.1, 0.15) is 0 Å². The van der Waals surface area contributed by atoms with Crippen LogP contribution in [0.5, 0.6) is 0 Å². The van der Waals surface area contributed by atoms with Gasteiger partial charge >= 0.3 is 0 Å². The van der Waals surface area contributed by atoms with E-state index >= 15 is 0 Å². The van der Waals surface area contributed by atoms with Gasteiger partial charge in [-0.1, -0.05) is 13.3 Å². The number of nitrogens with one attached hydrogen (secondary N) is 2. The summed E-state index contributed by atoms with van der Waals surface area (Å²) < 4.78 is 5.62. The van der Waals surface area contributed by atoms with Crippen LogP contribution in [-0.2, 0) is 4.74 Å². The highest BCUT2D eigenvalue weighted by Gasteiger charge is 2.34. The van der Waals surface area contributed by atoms with Gasteiger partial charge in [0.05, 0.1) is 6.10 Å². The lowest BCUT2D eigenvalue weighted by Crippen LogP contribution is -2.52. The van der Waals surface area contributed by atoms with Crippen LogP contribution in [0.1, 0.15) is 52.4 Å². The second-order valence-electron chi connectivity index (χ2n) is 6.16. The van der Waals surface area contributed by atoms with Gasteiger partial charge in [0.2, 0.25) is 0 Å². The number of piperidine rings is 1. The zero-order valence-electron chi connectivity index (χ0n) is 12.1. The zero-order chi connectivity index (χ0) is 12.8. The van der Waals surface area contributed by atoms with Crippen LogP contribution in [0.3, 0.4) is 0 Å². The number of hydrogen-bond acceptors (Lipinski definition) is 3. The molecule has 1 saturated carbocycles. The molecule has 106 valence electrons. The van der Waals surface area contributed by atoms with Crippen LogP contribution in [0.15, 0.2) is 0 Å². The second kappa shape index (κ2) is 6.88. The Morgan fingerprint density at radius 2 is 2.17 bits per heavy atom. The lowest BCUT2D eigenvalue weighted by atomic mass is 9.76. The molecular weight excluding hydrogens is 224 g/mol. The van der Waals surface area contributed by atoms with Crippen LogP contribution >= 0.6 is 0 Å². The highest BCUT2D eigenvalue weighted by Crippen LogP contribution is 2.32. The van der Waals surface area contributed by atoms with Gasteiger partial charge in [-0.15, -0.1) is 0 Å². The van der Waals surface area contributed by atoms with Crippen LogP contribution < -0.4 is 10.6 Å². The molecule has 0 spiro atoms. The SMILES string of the molecule is CCCC1(CNC2CC(OCC)C2)CCCNC1. The maximum absolute atomic E-state index is 5.62. The summed E-state index contributed by atoms with van der Waals surface area (Å²) in [6.07, 6.45) is 8.34. The van der Waals surface area contributed by atoms with Crippen LogP contribution in [-0.4, -0.2) is 38.4 Å². The predicted molar refractivity (Wildman–Crippen MR) is 75.9 cm³/mol. The topological polar surface area (TPSA) is 33.3 Å². The maximum atomic E-state index is 5.62. The van der Waals surface area contributed by atoms with Crippen molar-refractivity contribution >= 4 is 0 Å². The standard InChI is InChI=1S/C15H30N2O/c1-3-6-15(7-5-8-16-11-15)12-17-13-9-14(10-13)18-4-2/h13-14,16-17H,3-12H2,1-2H3. The number of ether oxygens (including phenoxy) is 1. The first-order valence-electron chi connectivity index (χ1n) is 7.84. The van der Waals surface area contributed by atoms with Crippen molar-refractivity contribution in [2.24, 2.45) is 5.41 Å². The Labute approximate surface area is 112 Å². The molecule has 2 aliphatic rings. The van der Waals surface area contributed by atoms with Crippen molar-refractivity contribution in [3.05, 3.63) is 0 Å². The molecule has 0 aromatic carbocycles. The molecule has 0 amide bonds. The molecule has 1 saturated heterocycles. The van der Waals surface area contributed by atoms with E-state index in [4.69, 9.17) is 4.74 Å². The van der Waals surface area contributed by atoms with E-state index < -0.39 is 0 Å². The highest BCUT2D eigenvalue weighted by atomic mass is 16.5. The third-order valence-corrected chi connectivity index (χ3v) is 4.60. The normalized spacial score (nSPS) is 36.3. The fourth-order valence-corrected chi connectivity index (χ4v) is 3.48. The van der Waals surface area contributed by atoms with Crippen LogP contribution in [0.2, 0.25) is 0 Å². The summed E-state index contributed by atoms with van der Waals surface area (Å²) in [7, 11) is 0. The lowest BCUT2D eigenvalue weighted by molar-refractivity contribution is -0.0132. The van der Waals surface area contributed by atoms with E-state index in [2.05, 4.69) is 24.5 Å². The van der Waals surface area contributed by atoms with Gasteiger partial charge in [-0.2, -0.15) is 0 Å². The molecular formula is C15H30N2O. The predicted octanol–water partition coefficient (Wildman–Crippen LogP) is 2.31. The third-order valence-electron chi connectivity index (χ3n) is 4.60. The summed E-state index contributed by atoms with van der Waals surface area (Å²) in [6.45, 7) is 8.87. The minimum Gasteiger partial charge on any atom is -0.378 e. The van der Waals surface area contributed by atoms with Gasteiger partial charge in [-0.05, 0) is 51.0 Å². The molecule has 2 fully saturated rings. The fraction of sp³-hybridized carbons (Fsp3) is 1.00. The summed E-state index contributed by atoms with van der Waals surface area (Å²) >= 11 is 0. The van der Waals surface area contributed by atoms with Crippen molar-refractivity contribution in [3.8, 4) is 0 Å².